The monoisotopic (exact) mass is 409 g/mol. The Kier molecular flexibility index (Phi) is 6.42. The highest BCUT2D eigenvalue weighted by molar-refractivity contribution is 6.28. The van der Waals surface area contributed by atoms with Crippen molar-refractivity contribution in [3.05, 3.63) is 65.4 Å². The van der Waals surface area contributed by atoms with Gasteiger partial charge in [-0.3, -0.25) is 0 Å². The lowest BCUT2D eigenvalue weighted by Gasteiger charge is -2.22. The fraction of sp³-hybridized carbons (Fsp3) is 0.318. The van der Waals surface area contributed by atoms with Gasteiger partial charge < -0.3 is 15.4 Å². The predicted molar refractivity (Wildman–Crippen MR) is 116 cm³/mol. The molecule has 1 saturated carbocycles. The van der Waals surface area contributed by atoms with E-state index in [4.69, 9.17) is 16.3 Å². The van der Waals surface area contributed by atoms with E-state index in [0.717, 1.165) is 29.8 Å². The summed E-state index contributed by atoms with van der Waals surface area (Å²) in [6, 6.07) is 18.2. The van der Waals surface area contributed by atoms with Gasteiger partial charge in [0.1, 0.15) is 12.4 Å². The molecule has 29 heavy (non-hydrogen) atoms. The lowest BCUT2D eigenvalue weighted by atomic mass is 9.96. The molecule has 4 rings (SSSR count). The second-order valence-electron chi connectivity index (χ2n) is 7.15. The van der Waals surface area contributed by atoms with Crippen LogP contribution in [-0.4, -0.2) is 21.0 Å². The van der Waals surface area contributed by atoms with E-state index in [1.807, 2.05) is 54.6 Å². The minimum Gasteiger partial charge on any atom is -0.489 e. The molecule has 2 aromatic carbocycles. The minimum absolute atomic E-state index is 0.170. The van der Waals surface area contributed by atoms with Gasteiger partial charge in [-0.1, -0.05) is 49.6 Å². The Hall–Kier alpha value is -2.86. The molecule has 0 atom stereocenters. The molecule has 1 heterocycles. The van der Waals surface area contributed by atoms with Crippen LogP contribution in [0.1, 0.15) is 37.7 Å². The summed E-state index contributed by atoms with van der Waals surface area (Å²) in [5.41, 5.74) is 1.98. The van der Waals surface area contributed by atoms with Gasteiger partial charge in [0.2, 0.25) is 17.2 Å². The molecule has 6 nitrogen and oxygen atoms in total. The summed E-state index contributed by atoms with van der Waals surface area (Å²) < 4.78 is 5.82. The van der Waals surface area contributed by atoms with Gasteiger partial charge in [-0.25, -0.2) is 0 Å². The lowest BCUT2D eigenvalue weighted by Crippen LogP contribution is -2.23. The summed E-state index contributed by atoms with van der Waals surface area (Å²) in [6.45, 7) is 0.535. The number of hydrogen-bond donors (Lipinski definition) is 2. The molecule has 1 aliphatic carbocycles. The summed E-state index contributed by atoms with van der Waals surface area (Å²) in [7, 11) is 0. The molecule has 0 amide bonds. The van der Waals surface area contributed by atoms with Crippen molar-refractivity contribution < 1.29 is 4.74 Å². The van der Waals surface area contributed by atoms with Crippen LogP contribution in [0.2, 0.25) is 5.28 Å². The van der Waals surface area contributed by atoms with Gasteiger partial charge in [0.25, 0.3) is 0 Å². The summed E-state index contributed by atoms with van der Waals surface area (Å²) in [5.74, 6) is 1.73. The van der Waals surface area contributed by atoms with E-state index >= 15 is 0 Å². The molecule has 150 valence electrons. The highest BCUT2D eigenvalue weighted by Crippen LogP contribution is 2.23. The average Bonchev–Trinajstić information content (AvgIpc) is 2.74. The zero-order valence-electron chi connectivity index (χ0n) is 16.1. The molecule has 2 N–H and O–H groups in total. The van der Waals surface area contributed by atoms with Gasteiger partial charge in [-0.05, 0) is 54.3 Å². The number of halogens is 1. The summed E-state index contributed by atoms with van der Waals surface area (Å²) in [4.78, 5) is 12.9. The summed E-state index contributed by atoms with van der Waals surface area (Å²) in [6.07, 6.45) is 6.04. The number of ether oxygens (including phenoxy) is 1. The second kappa shape index (κ2) is 9.56. The first-order valence-electron chi connectivity index (χ1n) is 9.96. The van der Waals surface area contributed by atoms with E-state index in [-0.39, 0.29) is 5.28 Å². The van der Waals surface area contributed by atoms with Crippen LogP contribution < -0.4 is 15.4 Å². The average molecular weight is 410 g/mol. The van der Waals surface area contributed by atoms with Crippen molar-refractivity contribution in [1.29, 1.82) is 0 Å². The van der Waals surface area contributed by atoms with Crippen LogP contribution in [0.25, 0.3) is 0 Å². The molecule has 0 saturated heterocycles. The molecular weight excluding hydrogens is 386 g/mol. The standard InChI is InChI=1S/C22H24ClN5O/c23-20-26-21(24-17-9-5-2-6-10-17)28-22(27-20)25-18-11-13-19(14-12-18)29-15-16-7-3-1-4-8-16/h1,3-4,7-8,11-14,17H,2,5-6,9-10,15H2,(H2,24,25,26,27,28). The summed E-state index contributed by atoms with van der Waals surface area (Å²) >= 11 is 6.10. The fourth-order valence-corrected chi connectivity index (χ4v) is 3.56. The Balaban J connectivity index is 1.37. The van der Waals surface area contributed by atoms with Crippen LogP contribution >= 0.6 is 11.6 Å². The lowest BCUT2D eigenvalue weighted by molar-refractivity contribution is 0.306. The highest BCUT2D eigenvalue weighted by Gasteiger charge is 2.15. The van der Waals surface area contributed by atoms with E-state index in [1.165, 1.54) is 19.3 Å². The molecule has 3 aromatic rings. The molecule has 0 spiro atoms. The largest absolute Gasteiger partial charge is 0.489 e. The predicted octanol–water partition coefficient (Wildman–Crippen LogP) is 5.59. The number of benzene rings is 2. The molecule has 7 heteroatoms. The highest BCUT2D eigenvalue weighted by atomic mass is 35.5. The maximum Gasteiger partial charge on any atom is 0.233 e. The fourth-order valence-electron chi connectivity index (χ4n) is 3.40. The van der Waals surface area contributed by atoms with Gasteiger partial charge in [0.05, 0.1) is 0 Å². The van der Waals surface area contributed by atoms with E-state index in [1.54, 1.807) is 0 Å². The van der Waals surface area contributed by atoms with E-state index in [0.29, 0.717) is 24.5 Å². The number of nitrogens with zero attached hydrogens (tertiary/aromatic N) is 3. The molecular formula is C22H24ClN5O. The number of aromatic nitrogens is 3. The van der Waals surface area contributed by atoms with E-state index < -0.39 is 0 Å². The van der Waals surface area contributed by atoms with Gasteiger partial charge in [-0.15, -0.1) is 0 Å². The molecule has 1 aliphatic rings. The van der Waals surface area contributed by atoms with E-state index in [9.17, 15) is 0 Å². The third kappa shape index (κ3) is 5.81. The van der Waals surface area contributed by atoms with Crippen molar-refractivity contribution in [2.75, 3.05) is 10.6 Å². The van der Waals surface area contributed by atoms with Crippen molar-refractivity contribution in [1.82, 2.24) is 15.0 Å². The Morgan fingerprint density at radius 3 is 2.34 bits per heavy atom. The first-order valence-corrected chi connectivity index (χ1v) is 10.3. The van der Waals surface area contributed by atoms with Crippen molar-refractivity contribution in [3.8, 4) is 5.75 Å². The summed E-state index contributed by atoms with van der Waals surface area (Å²) in [5, 5.41) is 6.73. The van der Waals surface area contributed by atoms with Crippen LogP contribution in [-0.2, 0) is 6.61 Å². The van der Waals surface area contributed by atoms with Gasteiger partial charge in [-0.2, -0.15) is 15.0 Å². The van der Waals surface area contributed by atoms with Crippen molar-refractivity contribution in [2.24, 2.45) is 0 Å². The van der Waals surface area contributed by atoms with Crippen molar-refractivity contribution >= 4 is 29.2 Å². The number of anilines is 3. The first-order chi connectivity index (χ1) is 14.2. The Morgan fingerprint density at radius 2 is 1.59 bits per heavy atom. The molecule has 0 radical (unpaired) electrons. The van der Waals surface area contributed by atoms with E-state index in [2.05, 4.69) is 25.6 Å². The quantitative estimate of drug-likeness (QED) is 0.529. The topological polar surface area (TPSA) is 72.0 Å². The first kappa shape index (κ1) is 19.5. The normalized spacial score (nSPS) is 14.4. The third-order valence-corrected chi connectivity index (χ3v) is 5.07. The molecule has 1 fully saturated rings. The number of hydrogen-bond acceptors (Lipinski definition) is 6. The third-order valence-electron chi connectivity index (χ3n) is 4.91. The Morgan fingerprint density at radius 1 is 0.862 bits per heavy atom. The second-order valence-corrected chi connectivity index (χ2v) is 7.49. The molecule has 0 bridgehead atoms. The van der Waals surface area contributed by atoms with Gasteiger partial charge in [0.15, 0.2) is 0 Å². The van der Waals surface area contributed by atoms with Crippen LogP contribution in [0.15, 0.2) is 54.6 Å². The number of nitrogens with one attached hydrogen (secondary N) is 2. The van der Waals surface area contributed by atoms with Crippen LogP contribution in [0.3, 0.4) is 0 Å². The van der Waals surface area contributed by atoms with Crippen LogP contribution in [0, 0.1) is 0 Å². The van der Waals surface area contributed by atoms with Gasteiger partial charge >= 0.3 is 0 Å². The molecule has 0 aliphatic heterocycles. The Bertz CT molecular complexity index is 914. The van der Waals surface area contributed by atoms with Crippen molar-refractivity contribution in [2.45, 2.75) is 44.8 Å². The molecule has 0 unspecified atom stereocenters. The van der Waals surface area contributed by atoms with Crippen LogP contribution in [0.4, 0.5) is 17.6 Å². The minimum atomic E-state index is 0.170. The number of rotatable bonds is 7. The van der Waals surface area contributed by atoms with Crippen LogP contribution in [0.5, 0.6) is 5.75 Å². The zero-order chi connectivity index (χ0) is 19.9. The SMILES string of the molecule is Clc1nc(Nc2ccc(OCc3ccccc3)cc2)nc(NC2CCCCC2)n1. The van der Waals surface area contributed by atoms with Crippen molar-refractivity contribution in [3.63, 3.8) is 0 Å². The maximum absolute atomic E-state index is 6.10. The van der Waals surface area contributed by atoms with Gasteiger partial charge in [0, 0.05) is 11.7 Å². The Labute approximate surface area is 175 Å². The zero-order valence-corrected chi connectivity index (χ0v) is 16.9. The molecule has 1 aromatic heterocycles. The maximum atomic E-state index is 6.10. The smallest absolute Gasteiger partial charge is 0.233 e.